The zero-order chi connectivity index (χ0) is 13.0. The molecule has 0 amide bonds. The molecule has 2 rings (SSSR count). The maximum atomic E-state index is 3.67. The summed E-state index contributed by atoms with van der Waals surface area (Å²) in [5.74, 6) is 2.15. The number of rotatable bonds is 5. The molecular weight excluding hydrogens is 240 g/mol. The molecule has 106 valence electrons. The monoisotopic (exact) mass is 270 g/mol. The van der Waals surface area contributed by atoms with Gasteiger partial charge in [-0.1, -0.05) is 20.8 Å². The SMILES string of the molecule is CC(C)CN(CC1CCCN1)C1CCCSC1C. The van der Waals surface area contributed by atoms with Crippen LogP contribution in [0.4, 0.5) is 0 Å². The molecule has 0 aromatic carbocycles. The zero-order valence-electron chi connectivity index (χ0n) is 12.3. The molecule has 18 heavy (non-hydrogen) atoms. The molecule has 2 fully saturated rings. The maximum absolute atomic E-state index is 3.67. The molecule has 0 aromatic rings. The molecule has 0 spiro atoms. The van der Waals surface area contributed by atoms with E-state index in [0.717, 1.165) is 23.3 Å². The molecule has 0 aliphatic carbocycles. The van der Waals surface area contributed by atoms with Crippen LogP contribution >= 0.6 is 11.8 Å². The summed E-state index contributed by atoms with van der Waals surface area (Å²) in [6, 6.07) is 1.57. The Labute approximate surface area is 117 Å². The average Bonchev–Trinajstić information content (AvgIpc) is 2.81. The molecule has 3 unspecified atom stereocenters. The topological polar surface area (TPSA) is 15.3 Å². The van der Waals surface area contributed by atoms with Crippen molar-refractivity contribution >= 4 is 11.8 Å². The van der Waals surface area contributed by atoms with Gasteiger partial charge < -0.3 is 5.32 Å². The number of hydrogen-bond acceptors (Lipinski definition) is 3. The highest BCUT2D eigenvalue weighted by Gasteiger charge is 2.30. The van der Waals surface area contributed by atoms with Crippen molar-refractivity contribution in [1.82, 2.24) is 10.2 Å². The second kappa shape index (κ2) is 7.16. The van der Waals surface area contributed by atoms with Crippen molar-refractivity contribution in [3.05, 3.63) is 0 Å². The largest absolute Gasteiger partial charge is 0.313 e. The van der Waals surface area contributed by atoms with E-state index in [-0.39, 0.29) is 0 Å². The van der Waals surface area contributed by atoms with Gasteiger partial charge in [-0.2, -0.15) is 11.8 Å². The third-order valence-electron chi connectivity index (χ3n) is 4.25. The van der Waals surface area contributed by atoms with Crippen LogP contribution in [0.25, 0.3) is 0 Å². The molecule has 3 atom stereocenters. The lowest BCUT2D eigenvalue weighted by Crippen LogP contribution is -2.49. The number of thioether (sulfide) groups is 1. The van der Waals surface area contributed by atoms with Gasteiger partial charge in [0.25, 0.3) is 0 Å². The van der Waals surface area contributed by atoms with Gasteiger partial charge in [0.05, 0.1) is 0 Å². The minimum absolute atomic E-state index is 0.753. The van der Waals surface area contributed by atoms with Crippen LogP contribution in [-0.2, 0) is 0 Å². The van der Waals surface area contributed by atoms with Gasteiger partial charge in [-0.15, -0.1) is 0 Å². The van der Waals surface area contributed by atoms with Crippen molar-refractivity contribution < 1.29 is 0 Å². The fraction of sp³-hybridized carbons (Fsp3) is 1.00. The third-order valence-corrected chi connectivity index (χ3v) is 5.62. The molecule has 0 aromatic heterocycles. The molecule has 2 nitrogen and oxygen atoms in total. The minimum Gasteiger partial charge on any atom is -0.313 e. The predicted molar refractivity (Wildman–Crippen MR) is 82.4 cm³/mol. The van der Waals surface area contributed by atoms with E-state index in [1.807, 2.05) is 0 Å². The van der Waals surface area contributed by atoms with Crippen LogP contribution in [-0.4, -0.2) is 47.6 Å². The van der Waals surface area contributed by atoms with Crippen LogP contribution < -0.4 is 5.32 Å². The summed E-state index contributed by atoms with van der Waals surface area (Å²) < 4.78 is 0. The normalized spacial score (nSPS) is 33.5. The molecule has 2 saturated heterocycles. The van der Waals surface area contributed by atoms with Crippen LogP contribution in [0, 0.1) is 5.92 Å². The van der Waals surface area contributed by atoms with Gasteiger partial charge in [0.2, 0.25) is 0 Å². The summed E-state index contributed by atoms with van der Waals surface area (Å²) in [6.07, 6.45) is 5.57. The average molecular weight is 270 g/mol. The first kappa shape index (κ1) is 14.7. The van der Waals surface area contributed by atoms with Crippen LogP contribution in [0.5, 0.6) is 0 Å². The van der Waals surface area contributed by atoms with E-state index in [1.54, 1.807) is 0 Å². The predicted octanol–water partition coefficient (Wildman–Crippen LogP) is 2.98. The highest BCUT2D eigenvalue weighted by Crippen LogP contribution is 2.29. The Morgan fingerprint density at radius 2 is 2.11 bits per heavy atom. The molecule has 2 aliphatic rings. The van der Waals surface area contributed by atoms with Gasteiger partial charge >= 0.3 is 0 Å². The van der Waals surface area contributed by atoms with Gasteiger partial charge in [0.1, 0.15) is 0 Å². The van der Waals surface area contributed by atoms with Gasteiger partial charge in [-0.25, -0.2) is 0 Å². The molecule has 0 saturated carbocycles. The summed E-state index contributed by atoms with van der Waals surface area (Å²) in [6.45, 7) is 10.9. The quantitative estimate of drug-likeness (QED) is 0.827. The Balaban J connectivity index is 1.93. The standard InChI is InChI=1S/C15H30N2S/c1-12(2)10-17(11-14-6-4-8-16-14)15-7-5-9-18-13(15)3/h12-16H,4-11H2,1-3H3. The second-order valence-corrected chi connectivity index (χ2v) is 7.91. The van der Waals surface area contributed by atoms with E-state index >= 15 is 0 Å². The molecule has 0 radical (unpaired) electrons. The van der Waals surface area contributed by atoms with Crippen LogP contribution in [0.2, 0.25) is 0 Å². The Bertz CT molecular complexity index is 239. The molecule has 2 heterocycles. The van der Waals surface area contributed by atoms with E-state index in [9.17, 15) is 0 Å². The number of nitrogens with zero attached hydrogens (tertiary/aromatic N) is 1. The Kier molecular flexibility index (Phi) is 5.84. The molecule has 0 bridgehead atoms. The van der Waals surface area contributed by atoms with Crippen LogP contribution in [0.3, 0.4) is 0 Å². The van der Waals surface area contributed by atoms with Crippen molar-refractivity contribution in [1.29, 1.82) is 0 Å². The van der Waals surface area contributed by atoms with Crippen molar-refractivity contribution in [2.24, 2.45) is 5.92 Å². The lowest BCUT2D eigenvalue weighted by Gasteiger charge is -2.40. The first-order valence-corrected chi connectivity index (χ1v) is 8.80. The molecule has 2 aliphatic heterocycles. The summed E-state index contributed by atoms with van der Waals surface area (Å²) in [4.78, 5) is 2.80. The fourth-order valence-electron chi connectivity index (χ4n) is 3.40. The maximum Gasteiger partial charge on any atom is 0.0213 e. The summed E-state index contributed by atoms with van der Waals surface area (Å²) in [5, 5.41) is 4.48. The lowest BCUT2D eigenvalue weighted by atomic mass is 10.0. The molecule has 1 N–H and O–H groups in total. The first-order valence-electron chi connectivity index (χ1n) is 7.76. The summed E-state index contributed by atoms with van der Waals surface area (Å²) in [5.41, 5.74) is 0. The van der Waals surface area contributed by atoms with Crippen molar-refractivity contribution in [3.63, 3.8) is 0 Å². The summed E-state index contributed by atoms with van der Waals surface area (Å²) in [7, 11) is 0. The fourth-order valence-corrected chi connectivity index (χ4v) is 4.63. The lowest BCUT2D eigenvalue weighted by molar-refractivity contribution is 0.149. The first-order chi connectivity index (χ1) is 8.66. The number of nitrogens with one attached hydrogen (secondary N) is 1. The van der Waals surface area contributed by atoms with Gasteiger partial charge in [0, 0.05) is 30.4 Å². The Morgan fingerprint density at radius 3 is 2.72 bits per heavy atom. The van der Waals surface area contributed by atoms with Crippen molar-refractivity contribution in [2.45, 2.75) is 63.8 Å². The van der Waals surface area contributed by atoms with Gasteiger partial charge in [-0.05, 0) is 43.9 Å². The van der Waals surface area contributed by atoms with Gasteiger partial charge in [-0.3, -0.25) is 4.90 Å². The van der Waals surface area contributed by atoms with Gasteiger partial charge in [0.15, 0.2) is 0 Å². The Hall–Kier alpha value is 0.270. The highest BCUT2D eigenvalue weighted by molar-refractivity contribution is 7.99. The van der Waals surface area contributed by atoms with E-state index in [0.29, 0.717) is 0 Å². The third kappa shape index (κ3) is 4.14. The van der Waals surface area contributed by atoms with Crippen molar-refractivity contribution in [2.75, 3.05) is 25.4 Å². The van der Waals surface area contributed by atoms with E-state index in [1.165, 1.54) is 51.1 Å². The Morgan fingerprint density at radius 1 is 1.28 bits per heavy atom. The molecule has 3 heteroatoms. The number of hydrogen-bond donors (Lipinski definition) is 1. The highest BCUT2D eigenvalue weighted by atomic mass is 32.2. The van der Waals surface area contributed by atoms with E-state index in [2.05, 4.69) is 42.7 Å². The minimum atomic E-state index is 0.753. The van der Waals surface area contributed by atoms with Crippen LogP contribution in [0.1, 0.15) is 46.5 Å². The smallest absolute Gasteiger partial charge is 0.0213 e. The zero-order valence-corrected chi connectivity index (χ0v) is 13.1. The summed E-state index contributed by atoms with van der Waals surface area (Å²) >= 11 is 2.18. The molecular formula is C15H30N2S. The van der Waals surface area contributed by atoms with Crippen molar-refractivity contribution in [3.8, 4) is 0 Å². The van der Waals surface area contributed by atoms with E-state index < -0.39 is 0 Å². The van der Waals surface area contributed by atoms with E-state index in [4.69, 9.17) is 0 Å². The van der Waals surface area contributed by atoms with Crippen LogP contribution in [0.15, 0.2) is 0 Å². The second-order valence-electron chi connectivity index (χ2n) is 6.43.